The van der Waals surface area contributed by atoms with Crippen molar-refractivity contribution in [1.29, 1.82) is 0 Å². The van der Waals surface area contributed by atoms with Gasteiger partial charge in [-0.05, 0) is 69.3 Å². The van der Waals surface area contributed by atoms with E-state index in [4.69, 9.17) is 4.74 Å². The standard InChI is InChI=1S/C16H26N2O2S/c1-12(13-6-9-21-10-13)17-11-16(7-5-8-16)18-14(19)20-15(2,3)4/h6,9-10,12,17H,5,7-8,11H2,1-4H3,(H,18,19). The quantitative estimate of drug-likeness (QED) is 0.868. The summed E-state index contributed by atoms with van der Waals surface area (Å²) in [5.74, 6) is 0. The lowest BCUT2D eigenvalue weighted by Crippen LogP contribution is -2.60. The highest BCUT2D eigenvalue weighted by atomic mass is 32.1. The summed E-state index contributed by atoms with van der Waals surface area (Å²) in [7, 11) is 0. The molecule has 1 unspecified atom stereocenters. The average Bonchev–Trinajstić information content (AvgIpc) is 2.83. The molecular formula is C16H26N2O2S. The van der Waals surface area contributed by atoms with E-state index in [0.717, 1.165) is 25.8 Å². The number of hydrogen-bond acceptors (Lipinski definition) is 4. The Morgan fingerprint density at radius 2 is 2.19 bits per heavy atom. The molecule has 1 heterocycles. The highest BCUT2D eigenvalue weighted by Crippen LogP contribution is 2.32. The van der Waals surface area contributed by atoms with Gasteiger partial charge in [0.2, 0.25) is 0 Å². The highest BCUT2D eigenvalue weighted by molar-refractivity contribution is 7.07. The Hall–Kier alpha value is -1.07. The molecule has 1 aromatic rings. The van der Waals surface area contributed by atoms with Crippen LogP contribution in [0.1, 0.15) is 58.6 Å². The van der Waals surface area contributed by atoms with Gasteiger partial charge in [0.05, 0.1) is 5.54 Å². The van der Waals surface area contributed by atoms with Crippen LogP contribution < -0.4 is 10.6 Å². The maximum Gasteiger partial charge on any atom is 0.408 e. The number of alkyl carbamates (subject to hydrolysis) is 1. The molecule has 0 aromatic carbocycles. The van der Waals surface area contributed by atoms with Gasteiger partial charge >= 0.3 is 6.09 Å². The molecule has 0 saturated heterocycles. The lowest BCUT2D eigenvalue weighted by Gasteiger charge is -2.43. The summed E-state index contributed by atoms with van der Waals surface area (Å²) < 4.78 is 5.37. The molecular weight excluding hydrogens is 284 g/mol. The molecule has 1 aromatic heterocycles. The molecule has 5 heteroatoms. The predicted molar refractivity (Wildman–Crippen MR) is 86.7 cm³/mol. The first-order valence-corrected chi connectivity index (χ1v) is 8.51. The van der Waals surface area contributed by atoms with Crippen LogP contribution in [0.2, 0.25) is 0 Å². The first kappa shape index (κ1) is 16.3. The predicted octanol–water partition coefficient (Wildman–Crippen LogP) is 3.85. The number of carbonyl (C=O) groups is 1. The second kappa shape index (κ2) is 6.36. The van der Waals surface area contributed by atoms with Gasteiger partial charge in [0, 0.05) is 12.6 Å². The topological polar surface area (TPSA) is 50.4 Å². The molecule has 1 fully saturated rings. The van der Waals surface area contributed by atoms with E-state index < -0.39 is 5.60 Å². The van der Waals surface area contributed by atoms with Crippen LogP contribution in [0.5, 0.6) is 0 Å². The fourth-order valence-corrected chi connectivity index (χ4v) is 3.21. The van der Waals surface area contributed by atoms with Crippen LogP contribution in [0.15, 0.2) is 16.8 Å². The van der Waals surface area contributed by atoms with Crippen LogP contribution >= 0.6 is 11.3 Å². The van der Waals surface area contributed by atoms with Crippen molar-refractivity contribution in [2.75, 3.05) is 6.54 Å². The summed E-state index contributed by atoms with van der Waals surface area (Å²) in [6.07, 6.45) is 2.86. The molecule has 0 aliphatic heterocycles. The molecule has 1 aliphatic carbocycles. The normalized spacial score (nSPS) is 18.7. The van der Waals surface area contributed by atoms with E-state index in [0.29, 0.717) is 6.04 Å². The minimum Gasteiger partial charge on any atom is -0.444 e. The van der Waals surface area contributed by atoms with Crippen LogP contribution in [0.4, 0.5) is 4.79 Å². The zero-order chi connectivity index (χ0) is 15.5. The van der Waals surface area contributed by atoms with E-state index in [9.17, 15) is 4.79 Å². The van der Waals surface area contributed by atoms with Crippen LogP contribution in [-0.2, 0) is 4.74 Å². The summed E-state index contributed by atoms with van der Waals surface area (Å²) in [4.78, 5) is 12.0. The van der Waals surface area contributed by atoms with Gasteiger partial charge in [-0.25, -0.2) is 4.79 Å². The third kappa shape index (κ3) is 4.71. The molecule has 1 amide bonds. The van der Waals surface area contributed by atoms with Crippen molar-refractivity contribution in [2.45, 2.75) is 64.1 Å². The summed E-state index contributed by atoms with van der Waals surface area (Å²) in [5.41, 5.74) is 0.700. The SMILES string of the molecule is CC(NCC1(NC(=O)OC(C)(C)C)CCC1)c1ccsc1. The van der Waals surface area contributed by atoms with Gasteiger partial charge in [0.15, 0.2) is 0 Å². The second-order valence-electron chi connectivity index (χ2n) is 6.92. The first-order chi connectivity index (χ1) is 9.80. The molecule has 1 aliphatic rings. The fraction of sp³-hybridized carbons (Fsp3) is 0.688. The maximum absolute atomic E-state index is 12.0. The third-order valence-corrected chi connectivity index (χ3v) is 4.57. The Morgan fingerprint density at radius 1 is 1.48 bits per heavy atom. The van der Waals surface area contributed by atoms with Crippen LogP contribution in [0.3, 0.4) is 0 Å². The van der Waals surface area contributed by atoms with E-state index in [1.807, 2.05) is 20.8 Å². The van der Waals surface area contributed by atoms with Gasteiger partial charge in [-0.15, -0.1) is 0 Å². The monoisotopic (exact) mass is 310 g/mol. The summed E-state index contributed by atoms with van der Waals surface area (Å²) in [6.45, 7) is 8.59. The molecule has 2 N–H and O–H groups in total. The maximum atomic E-state index is 12.0. The lowest BCUT2D eigenvalue weighted by atomic mass is 9.76. The smallest absolute Gasteiger partial charge is 0.408 e. The summed E-state index contributed by atoms with van der Waals surface area (Å²) in [5, 5.41) is 10.8. The van der Waals surface area contributed by atoms with Gasteiger partial charge in [-0.1, -0.05) is 0 Å². The van der Waals surface area contributed by atoms with Crippen molar-refractivity contribution >= 4 is 17.4 Å². The lowest BCUT2D eigenvalue weighted by molar-refractivity contribution is 0.0379. The van der Waals surface area contributed by atoms with Gasteiger partial charge < -0.3 is 15.4 Å². The van der Waals surface area contributed by atoms with Crippen molar-refractivity contribution < 1.29 is 9.53 Å². The van der Waals surface area contributed by atoms with Crippen molar-refractivity contribution in [3.63, 3.8) is 0 Å². The number of carbonyl (C=O) groups excluding carboxylic acids is 1. The number of amides is 1. The van der Waals surface area contributed by atoms with E-state index in [1.54, 1.807) is 11.3 Å². The average molecular weight is 310 g/mol. The Balaban J connectivity index is 1.85. The van der Waals surface area contributed by atoms with Crippen molar-refractivity contribution in [3.8, 4) is 0 Å². The molecule has 1 saturated carbocycles. The fourth-order valence-electron chi connectivity index (χ4n) is 2.46. The molecule has 4 nitrogen and oxygen atoms in total. The Bertz CT molecular complexity index is 461. The van der Waals surface area contributed by atoms with Gasteiger partial charge in [0.1, 0.15) is 5.60 Å². The molecule has 21 heavy (non-hydrogen) atoms. The van der Waals surface area contributed by atoms with E-state index in [2.05, 4.69) is 34.4 Å². The summed E-state index contributed by atoms with van der Waals surface area (Å²) in [6, 6.07) is 2.44. The van der Waals surface area contributed by atoms with Gasteiger partial charge in [0.25, 0.3) is 0 Å². The molecule has 0 spiro atoms. The molecule has 0 radical (unpaired) electrons. The van der Waals surface area contributed by atoms with Crippen LogP contribution in [0, 0.1) is 0 Å². The largest absolute Gasteiger partial charge is 0.444 e. The Labute approximate surface area is 131 Å². The molecule has 1 atom stereocenters. The van der Waals surface area contributed by atoms with Gasteiger partial charge in [-0.2, -0.15) is 11.3 Å². The van der Waals surface area contributed by atoms with Crippen molar-refractivity contribution in [3.05, 3.63) is 22.4 Å². The van der Waals surface area contributed by atoms with E-state index in [1.165, 1.54) is 5.56 Å². The first-order valence-electron chi connectivity index (χ1n) is 7.56. The van der Waals surface area contributed by atoms with Crippen LogP contribution in [0.25, 0.3) is 0 Å². The zero-order valence-corrected chi connectivity index (χ0v) is 14.2. The van der Waals surface area contributed by atoms with Gasteiger partial charge in [-0.3, -0.25) is 0 Å². The summed E-state index contributed by atoms with van der Waals surface area (Å²) >= 11 is 1.71. The Kier molecular flexibility index (Phi) is 4.94. The second-order valence-corrected chi connectivity index (χ2v) is 7.70. The third-order valence-electron chi connectivity index (χ3n) is 3.87. The van der Waals surface area contributed by atoms with E-state index >= 15 is 0 Å². The molecule has 2 rings (SSSR count). The zero-order valence-electron chi connectivity index (χ0n) is 13.4. The Morgan fingerprint density at radius 3 is 2.67 bits per heavy atom. The number of ether oxygens (including phenoxy) is 1. The number of nitrogens with one attached hydrogen (secondary N) is 2. The number of thiophene rings is 1. The number of hydrogen-bond donors (Lipinski definition) is 2. The molecule has 118 valence electrons. The minimum atomic E-state index is -0.452. The minimum absolute atomic E-state index is 0.146. The van der Waals surface area contributed by atoms with Crippen molar-refractivity contribution in [2.24, 2.45) is 0 Å². The molecule has 0 bridgehead atoms. The number of rotatable bonds is 5. The van der Waals surface area contributed by atoms with Crippen LogP contribution in [-0.4, -0.2) is 23.8 Å². The van der Waals surface area contributed by atoms with Crippen molar-refractivity contribution in [1.82, 2.24) is 10.6 Å². The van der Waals surface area contributed by atoms with E-state index in [-0.39, 0.29) is 11.6 Å². The highest BCUT2D eigenvalue weighted by Gasteiger charge is 2.39.